The summed E-state index contributed by atoms with van der Waals surface area (Å²) in [6.45, 7) is 16.6. The summed E-state index contributed by atoms with van der Waals surface area (Å²) in [6.07, 6.45) is 4.34. The number of carboxylic acids is 1. The molecule has 4 nitrogen and oxygen atoms in total. The van der Waals surface area contributed by atoms with E-state index < -0.39 is 5.97 Å². The Labute approximate surface area is 169 Å². The van der Waals surface area contributed by atoms with Crippen LogP contribution in [0, 0.1) is 5.92 Å². The van der Waals surface area contributed by atoms with E-state index in [1.165, 1.54) is 18.4 Å². The van der Waals surface area contributed by atoms with Crippen molar-refractivity contribution >= 4 is 5.97 Å². The molecule has 0 fully saturated rings. The molecule has 0 aliphatic rings. The zero-order valence-electron chi connectivity index (χ0n) is 19.2. The SMILES string of the molecule is CC.CC(C)CCC(=O)O.CCC.CCC.NC(CO)Cc1ccccc1. The van der Waals surface area contributed by atoms with Gasteiger partial charge in [-0.25, -0.2) is 0 Å². The van der Waals surface area contributed by atoms with E-state index >= 15 is 0 Å². The van der Waals surface area contributed by atoms with Gasteiger partial charge in [0.05, 0.1) is 6.61 Å². The lowest BCUT2D eigenvalue weighted by atomic mass is 10.1. The first-order valence-electron chi connectivity index (χ1n) is 10.4. The molecule has 0 saturated carbocycles. The molecule has 1 unspecified atom stereocenters. The van der Waals surface area contributed by atoms with E-state index in [4.69, 9.17) is 15.9 Å². The van der Waals surface area contributed by atoms with Gasteiger partial charge < -0.3 is 15.9 Å². The van der Waals surface area contributed by atoms with Crippen LogP contribution in [-0.4, -0.2) is 28.8 Å². The minimum Gasteiger partial charge on any atom is -0.481 e. The summed E-state index contributed by atoms with van der Waals surface area (Å²) in [6, 6.07) is 9.80. The van der Waals surface area contributed by atoms with Crippen molar-refractivity contribution in [3.63, 3.8) is 0 Å². The van der Waals surface area contributed by atoms with Crippen LogP contribution >= 0.6 is 0 Å². The highest BCUT2D eigenvalue weighted by Crippen LogP contribution is 2.02. The van der Waals surface area contributed by atoms with Gasteiger partial charge in [-0.05, 0) is 24.3 Å². The summed E-state index contributed by atoms with van der Waals surface area (Å²) >= 11 is 0. The second-order valence-electron chi connectivity index (χ2n) is 6.37. The molecule has 4 heteroatoms. The Hall–Kier alpha value is -1.39. The van der Waals surface area contributed by atoms with Crippen molar-refractivity contribution in [2.75, 3.05) is 6.61 Å². The number of rotatable bonds is 6. The summed E-state index contributed by atoms with van der Waals surface area (Å²) in [7, 11) is 0. The first-order chi connectivity index (χ1) is 12.8. The number of carbonyl (C=O) groups is 1. The van der Waals surface area contributed by atoms with Crippen LogP contribution in [0.2, 0.25) is 0 Å². The quantitative estimate of drug-likeness (QED) is 0.568. The molecule has 0 aliphatic carbocycles. The molecule has 1 rings (SSSR count). The predicted molar refractivity (Wildman–Crippen MR) is 120 cm³/mol. The molecule has 4 N–H and O–H groups in total. The van der Waals surface area contributed by atoms with Crippen LogP contribution in [0.25, 0.3) is 0 Å². The molecule has 1 aromatic carbocycles. The Morgan fingerprint density at radius 1 is 1.00 bits per heavy atom. The molecule has 0 heterocycles. The van der Waals surface area contributed by atoms with E-state index in [1.54, 1.807) is 0 Å². The highest BCUT2D eigenvalue weighted by Gasteiger charge is 2.00. The molecule has 0 radical (unpaired) electrons. The molecular formula is C23H47NO3. The van der Waals surface area contributed by atoms with Gasteiger partial charge in [-0.2, -0.15) is 0 Å². The van der Waals surface area contributed by atoms with Crippen LogP contribution in [0.3, 0.4) is 0 Å². The van der Waals surface area contributed by atoms with Crippen molar-refractivity contribution in [1.29, 1.82) is 0 Å². The number of benzene rings is 1. The van der Waals surface area contributed by atoms with Gasteiger partial charge in [0, 0.05) is 12.5 Å². The summed E-state index contributed by atoms with van der Waals surface area (Å²) < 4.78 is 0. The molecule has 162 valence electrons. The average Bonchev–Trinajstić information content (AvgIpc) is 2.64. The van der Waals surface area contributed by atoms with Gasteiger partial charge in [-0.1, -0.05) is 98.6 Å². The number of aliphatic hydroxyl groups excluding tert-OH is 1. The minimum absolute atomic E-state index is 0.0505. The van der Waals surface area contributed by atoms with Gasteiger partial charge in [0.2, 0.25) is 0 Å². The van der Waals surface area contributed by atoms with E-state index in [-0.39, 0.29) is 12.6 Å². The monoisotopic (exact) mass is 385 g/mol. The lowest BCUT2D eigenvalue weighted by Gasteiger charge is -2.06. The molecule has 0 bridgehead atoms. The van der Waals surface area contributed by atoms with Crippen molar-refractivity contribution in [3.05, 3.63) is 35.9 Å². The third-order valence-corrected chi connectivity index (χ3v) is 2.51. The second kappa shape index (κ2) is 29.4. The number of hydrogen-bond donors (Lipinski definition) is 3. The summed E-state index contributed by atoms with van der Waals surface area (Å²) in [4.78, 5) is 9.90. The van der Waals surface area contributed by atoms with Crippen LogP contribution in [0.1, 0.15) is 86.6 Å². The zero-order valence-corrected chi connectivity index (χ0v) is 19.2. The summed E-state index contributed by atoms with van der Waals surface area (Å²) in [5.41, 5.74) is 6.73. The average molecular weight is 386 g/mol. The Kier molecular flexibility index (Phi) is 36.1. The second-order valence-corrected chi connectivity index (χ2v) is 6.37. The Balaban J connectivity index is -0.000000145. The van der Waals surface area contributed by atoms with Crippen LogP contribution in [-0.2, 0) is 11.2 Å². The van der Waals surface area contributed by atoms with Gasteiger partial charge in [-0.15, -0.1) is 0 Å². The van der Waals surface area contributed by atoms with Gasteiger partial charge in [0.15, 0.2) is 0 Å². The number of hydrogen-bond acceptors (Lipinski definition) is 3. The molecule has 1 aromatic rings. The standard InChI is InChI=1S/C9H13NO.C6H12O2.2C3H8.C2H6/c10-9(7-11)6-8-4-2-1-3-5-8;1-5(2)3-4-6(7)8;2*1-3-2;1-2/h1-5,9,11H,6-7,10H2;5H,3-4H2,1-2H3,(H,7,8);2*3H2,1-2H3;1-2H3. The maximum Gasteiger partial charge on any atom is 0.303 e. The van der Waals surface area contributed by atoms with E-state index in [0.717, 1.165) is 12.8 Å². The maximum atomic E-state index is 9.90. The topological polar surface area (TPSA) is 83.5 Å². The van der Waals surface area contributed by atoms with Gasteiger partial charge in [-0.3, -0.25) is 4.79 Å². The maximum absolute atomic E-state index is 9.90. The Morgan fingerprint density at radius 3 is 1.67 bits per heavy atom. The third kappa shape index (κ3) is 40.6. The van der Waals surface area contributed by atoms with Crippen LogP contribution in [0.4, 0.5) is 0 Å². The van der Waals surface area contributed by atoms with Crippen LogP contribution < -0.4 is 5.73 Å². The molecule has 0 amide bonds. The number of aliphatic hydroxyl groups is 1. The normalized spacial score (nSPS) is 9.74. The van der Waals surface area contributed by atoms with Crippen molar-refractivity contribution in [1.82, 2.24) is 0 Å². The van der Waals surface area contributed by atoms with E-state index in [9.17, 15) is 4.79 Å². The number of carboxylic acid groups (broad SMARTS) is 1. The van der Waals surface area contributed by atoms with Crippen molar-refractivity contribution < 1.29 is 15.0 Å². The highest BCUT2D eigenvalue weighted by atomic mass is 16.4. The van der Waals surface area contributed by atoms with Gasteiger partial charge >= 0.3 is 5.97 Å². The molecule has 27 heavy (non-hydrogen) atoms. The smallest absolute Gasteiger partial charge is 0.303 e. The van der Waals surface area contributed by atoms with Crippen molar-refractivity contribution in [2.45, 2.75) is 93.5 Å². The predicted octanol–water partition coefficient (Wildman–Crippen LogP) is 5.91. The van der Waals surface area contributed by atoms with E-state index in [0.29, 0.717) is 12.3 Å². The number of nitrogens with two attached hydrogens (primary N) is 1. The summed E-state index contributed by atoms with van der Waals surface area (Å²) in [5, 5.41) is 16.8. The molecule has 0 aliphatic heterocycles. The molecule has 1 atom stereocenters. The van der Waals surface area contributed by atoms with Gasteiger partial charge in [0.1, 0.15) is 0 Å². The molecule has 0 saturated heterocycles. The lowest BCUT2D eigenvalue weighted by molar-refractivity contribution is -0.137. The summed E-state index contributed by atoms with van der Waals surface area (Å²) in [5.74, 6) is -0.190. The Morgan fingerprint density at radius 2 is 1.41 bits per heavy atom. The largest absolute Gasteiger partial charge is 0.481 e. The Bertz CT molecular complexity index is 365. The fourth-order valence-corrected chi connectivity index (χ4v) is 1.39. The van der Waals surface area contributed by atoms with Crippen molar-refractivity contribution in [3.8, 4) is 0 Å². The lowest BCUT2D eigenvalue weighted by Crippen LogP contribution is -2.26. The van der Waals surface area contributed by atoms with Crippen LogP contribution in [0.5, 0.6) is 0 Å². The fraction of sp³-hybridized carbons (Fsp3) is 0.696. The zero-order chi connectivity index (χ0) is 22.1. The van der Waals surface area contributed by atoms with Crippen molar-refractivity contribution in [2.24, 2.45) is 11.7 Å². The molecule has 0 spiro atoms. The van der Waals surface area contributed by atoms with Gasteiger partial charge in [0.25, 0.3) is 0 Å². The van der Waals surface area contributed by atoms with Crippen LogP contribution in [0.15, 0.2) is 30.3 Å². The first-order valence-corrected chi connectivity index (χ1v) is 10.4. The minimum atomic E-state index is -0.696. The van der Waals surface area contributed by atoms with E-state index in [2.05, 4.69) is 27.7 Å². The molecule has 0 aromatic heterocycles. The number of aliphatic carboxylic acids is 1. The third-order valence-electron chi connectivity index (χ3n) is 2.51. The first kappa shape index (κ1) is 33.2. The fourth-order valence-electron chi connectivity index (χ4n) is 1.39. The molecular weight excluding hydrogens is 338 g/mol. The highest BCUT2D eigenvalue weighted by molar-refractivity contribution is 5.66. The van der Waals surface area contributed by atoms with E-state index in [1.807, 2.05) is 58.0 Å².